The largest absolute Gasteiger partial charge is 0.493 e. The minimum Gasteiger partial charge on any atom is -0.493 e. The molecule has 5 rings (SSSR count). The number of hydrogen-bond donors (Lipinski definition) is 2. The van der Waals surface area contributed by atoms with Gasteiger partial charge in [-0.25, -0.2) is 4.98 Å². The van der Waals surface area contributed by atoms with Crippen molar-refractivity contribution in [3.63, 3.8) is 0 Å². The number of benzene rings is 2. The summed E-state index contributed by atoms with van der Waals surface area (Å²) in [5.41, 5.74) is 2.50. The number of methoxy groups -OCH3 is 2. The van der Waals surface area contributed by atoms with Gasteiger partial charge in [0.05, 0.1) is 31.7 Å². The standard InChI is InChI=1S/C29H27N5O4/c1-37-23-12-11-19(16-24(23)38-2)13-14-31-28(35)21-17-22-27(32-25-10-6-7-15-33(25)29(22)36)34(26(21)30)18-20-8-4-3-5-9-20/h3-12,15-17,30H,13-14,18H2,1-2H3,(H,31,35). The van der Waals surface area contributed by atoms with Crippen LogP contribution in [0.5, 0.6) is 11.5 Å². The summed E-state index contributed by atoms with van der Waals surface area (Å²) in [6.07, 6.45) is 2.19. The number of carbonyl (C=O) groups excluding carboxylic acids is 1. The first-order chi connectivity index (χ1) is 18.5. The van der Waals surface area contributed by atoms with Crippen LogP contribution in [0.15, 0.2) is 83.8 Å². The zero-order valence-corrected chi connectivity index (χ0v) is 21.1. The lowest BCUT2D eigenvalue weighted by atomic mass is 10.1. The summed E-state index contributed by atoms with van der Waals surface area (Å²) < 4.78 is 13.7. The Labute approximate surface area is 218 Å². The third-order valence-corrected chi connectivity index (χ3v) is 6.39. The van der Waals surface area contributed by atoms with Crippen LogP contribution < -0.4 is 25.8 Å². The molecule has 2 N–H and O–H groups in total. The average molecular weight is 510 g/mol. The highest BCUT2D eigenvalue weighted by Crippen LogP contribution is 2.27. The molecule has 38 heavy (non-hydrogen) atoms. The molecule has 0 atom stereocenters. The quantitative estimate of drug-likeness (QED) is 0.312. The molecular formula is C29H27N5O4. The normalized spacial score (nSPS) is 11.0. The molecule has 0 aliphatic heterocycles. The fraction of sp³-hybridized carbons (Fsp3) is 0.172. The van der Waals surface area contributed by atoms with E-state index in [1.807, 2.05) is 48.5 Å². The van der Waals surface area contributed by atoms with E-state index >= 15 is 0 Å². The fourth-order valence-electron chi connectivity index (χ4n) is 4.43. The monoisotopic (exact) mass is 509 g/mol. The van der Waals surface area contributed by atoms with Gasteiger partial charge in [0, 0.05) is 12.7 Å². The van der Waals surface area contributed by atoms with Crippen molar-refractivity contribution in [1.29, 1.82) is 5.41 Å². The second kappa shape index (κ2) is 10.6. The molecule has 3 heterocycles. The smallest absolute Gasteiger partial charge is 0.267 e. The lowest BCUT2D eigenvalue weighted by Gasteiger charge is -2.15. The van der Waals surface area contributed by atoms with Crippen LogP contribution in [-0.2, 0) is 13.0 Å². The molecule has 0 unspecified atom stereocenters. The number of pyridine rings is 2. The number of hydrogen-bond acceptors (Lipinski definition) is 6. The molecule has 3 aromatic heterocycles. The number of fused-ring (bicyclic) bond motifs is 2. The molecule has 0 saturated carbocycles. The molecule has 1 amide bonds. The van der Waals surface area contributed by atoms with Crippen molar-refractivity contribution in [2.45, 2.75) is 13.0 Å². The van der Waals surface area contributed by atoms with Crippen LogP contribution in [0.25, 0.3) is 16.7 Å². The van der Waals surface area contributed by atoms with Gasteiger partial charge in [0.15, 0.2) is 11.5 Å². The molecule has 0 saturated heterocycles. The van der Waals surface area contributed by atoms with E-state index < -0.39 is 5.91 Å². The maximum Gasteiger partial charge on any atom is 0.267 e. The SMILES string of the molecule is COc1ccc(CCNC(=O)c2cc3c(=O)n4ccccc4nc3n(Cc3ccccc3)c2=N)cc1OC. The van der Waals surface area contributed by atoms with E-state index in [1.54, 1.807) is 43.2 Å². The Kier molecular flexibility index (Phi) is 6.90. The van der Waals surface area contributed by atoms with Crippen molar-refractivity contribution in [3.8, 4) is 11.5 Å². The van der Waals surface area contributed by atoms with E-state index in [2.05, 4.69) is 10.3 Å². The predicted octanol–water partition coefficient (Wildman–Crippen LogP) is 3.17. The van der Waals surface area contributed by atoms with Crippen LogP contribution in [0, 0.1) is 5.41 Å². The van der Waals surface area contributed by atoms with E-state index in [1.165, 1.54) is 10.5 Å². The van der Waals surface area contributed by atoms with Crippen LogP contribution in [-0.4, -0.2) is 40.6 Å². The number of aromatic nitrogens is 3. The highest BCUT2D eigenvalue weighted by Gasteiger charge is 2.18. The predicted molar refractivity (Wildman–Crippen MR) is 144 cm³/mol. The van der Waals surface area contributed by atoms with Crippen molar-refractivity contribution >= 4 is 22.6 Å². The topological polar surface area (TPSA) is 111 Å². The van der Waals surface area contributed by atoms with Crippen molar-refractivity contribution in [2.75, 3.05) is 20.8 Å². The van der Waals surface area contributed by atoms with Crippen molar-refractivity contribution in [3.05, 3.63) is 112 Å². The second-order valence-electron chi connectivity index (χ2n) is 8.76. The number of nitrogens with zero attached hydrogens (tertiary/aromatic N) is 3. The van der Waals surface area contributed by atoms with E-state index in [4.69, 9.17) is 14.9 Å². The maximum atomic E-state index is 13.4. The Morgan fingerprint density at radius 1 is 0.947 bits per heavy atom. The third kappa shape index (κ3) is 4.73. The van der Waals surface area contributed by atoms with Gasteiger partial charge >= 0.3 is 0 Å². The Morgan fingerprint density at radius 3 is 2.47 bits per heavy atom. The Bertz CT molecular complexity index is 1760. The molecule has 0 spiro atoms. The van der Waals surface area contributed by atoms with Gasteiger partial charge in [0.25, 0.3) is 11.5 Å². The van der Waals surface area contributed by atoms with Crippen molar-refractivity contribution in [1.82, 2.24) is 19.3 Å². The molecular weight excluding hydrogens is 482 g/mol. The lowest BCUT2D eigenvalue weighted by molar-refractivity contribution is 0.0951. The fourth-order valence-corrected chi connectivity index (χ4v) is 4.43. The van der Waals surface area contributed by atoms with Crippen LogP contribution in [0.4, 0.5) is 0 Å². The summed E-state index contributed by atoms with van der Waals surface area (Å²) in [7, 11) is 3.15. The van der Waals surface area contributed by atoms with Gasteiger partial charge in [-0.2, -0.15) is 0 Å². The Hall–Kier alpha value is -4.92. The number of rotatable bonds is 8. The van der Waals surface area contributed by atoms with Crippen molar-refractivity contribution in [2.24, 2.45) is 0 Å². The van der Waals surface area contributed by atoms with Gasteiger partial charge in [-0.3, -0.25) is 19.4 Å². The summed E-state index contributed by atoms with van der Waals surface area (Å²) in [4.78, 5) is 31.3. The molecule has 0 bridgehead atoms. The summed E-state index contributed by atoms with van der Waals surface area (Å²) in [6.45, 7) is 0.623. The molecule has 2 aromatic carbocycles. The second-order valence-corrected chi connectivity index (χ2v) is 8.76. The number of ether oxygens (including phenoxy) is 2. The first-order valence-electron chi connectivity index (χ1n) is 12.1. The van der Waals surface area contributed by atoms with Gasteiger partial charge < -0.3 is 19.4 Å². The highest BCUT2D eigenvalue weighted by atomic mass is 16.5. The Balaban J connectivity index is 1.51. The van der Waals surface area contributed by atoms with Gasteiger partial charge in [-0.1, -0.05) is 42.5 Å². The van der Waals surface area contributed by atoms with Crippen LogP contribution in [0.3, 0.4) is 0 Å². The zero-order valence-electron chi connectivity index (χ0n) is 21.1. The first-order valence-corrected chi connectivity index (χ1v) is 12.1. The van der Waals surface area contributed by atoms with E-state index in [-0.39, 0.29) is 22.0 Å². The number of carbonyl (C=O) groups is 1. The molecule has 0 aliphatic carbocycles. The van der Waals surface area contributed by atoms with Gasteiger partial charge in [0.2, 0.25) is 0 Å². The summed E-state index contributed by atoms with van der Waals surface area (Å²) in [6, 6.07) is 21.9. The van der Waals surface area contributed by atoms with Crippen LogP contribution in [0.1, 0.15) is 21.5 Å². The molecule has 192 valence electrons. The molecule has 0 fully saturated rings. The zero-order chi connectivity index (χ0) is 26.6. The molecule has 0 radical (unpaired) electrons. The van der Waals surface area contributed by atoms with E-state index in [0.29, 0.717) is 42.3 Å². The number of amides is 1. The molecule has 5 aromatic rings. The third-order valence-electron chi connectivity index (χ3n) is 6.39. The van der Waals surface area contributed by atoms with E-state index in [9.17, 15) is 9.59 Å². The summed E-state index contributed by atoms with van der Waals surface area (Å²) >= 11 is 0. The maximum absolute atomic E-state index is 13.4. The van der Waals surface area contributed by atoms with Crippen LogP contribution >= 0.6 is 0 Å². The molecule has 9 heteroatoms. The summed E-state index contributed by atoms with van der Waals surface area (Å²) in [5, 5.41) is 12.1. The van der Waals surface area contributed by atoms with Crippen molar-refractivity contribution < 1.29 is 14.3 Å². The number of nitrogens with one attached hydrogen (secondary N) is 2. The van der Waals surface area contributed by atoms with Gasteiger partial charge in [-0.05, 0) is 47.9 Å². The summed E-state index contributed by atoms with van der Waals surface area (Å²) in [5.74, 6) is 0.809. The molecule has 9 nitrogen and oxygen atoms in total. The van der Waals surface area contributed by atoms with E-state index in [0.717, 1.165) is 11.1 Å². The van der Waals surface area contributed by atoms with Gasteiger partial charge in [-0.15, -0.1) is 0 Å². The highest BCUT2D eigenvalue weighted by molar-refractivity contribution is 5.96. The minimum atomic E-state index is -0.434. The first kappa shape index (κ1) is 24.8. The van der Waals surface area contributed by atoms with Crippen LogP contribution in [0.2, 0.25) is 0 Å². The van der Waals surface area contributed by atoms with Gasteiger partial charge in [0.1, 0.15) is 16.8 Å². The Morgan fingerprint density at radius 2 is 1.71 bits per heavy atom. The lowest BCUT2D eigenvalue weighted by Crippen LogP contribution is -2.35. The minimum absolute atomic E-state index is 0.0165. The average Bonchev–Trinajstić information content (AvgIpc) is 2.95. The molecule has 0 aliphatic rings.